The highest BCUT2D eigenvalue weighted by Crippen LogP contribution is 2.12. The number of aryl methyl sites for hydroxylation is 1. The molecule has 1 aliphatic heterocycles. The maximum absolute atomic E-state index is 11.9. The maximum Gasteiger partial charge on any atom is 0.242 e. The molecule has 0 spiro atoms. The number of H-pyrrole nitrogens is 1. The molecule has 1 aliphatic rings. The molecule has 1 amide bonds. The van der Waals surface area contributed by atoms with E-state index in [0.717, 1.165) is 18.7 Å². The summed E-state index contributed by atoms with van der Waals surface area (Å²) in [6.45, 7) is 2.75. The molecule has 1 saturated heterocycles. The van der Waals surface area contributed by atoms with Crippen LogP contribution in [0.3, 0.4) is 0 Å². The van der Waals surface area contributed by atoms with Crippen molar-refractivity contribution >= 4 is 11.7 Å². The molecule has 0 saturated carbocycles. The fraction of sp³-hybridized carbons (Fsp3) is 0.636. The molecule has 2 unspecified atom stereocenters. The lowest BCUT2D eigenvalue weighted by Crippen LogP contribution is -2.35. The van der Waals surface area contributed by atoms with Crippen molar-refractivity contribution in [2.75, 3.05) is 19.0 Å². The Balaban J connectivity index is 1.89. The van der Waals surface area contributed by atoms with Crippen LogP contribution in [0.1, 0.15) is 19.0 Å². The molecule has 2 heterocycles. The third-order valence-electron chi connectivity index (χ3n) is 3.00. The third-order valence-corrected chi connectivity index (χ3v) is 3.00. The Morgan fingerprint density at radius 2 is 2.53 bits per heavy atom. The number of carbonyl (C=O) groups is 1. The predicted octanol–water partition coefficient (Wildman–Crippen LogP) is 0.288. The Kier molecular flexibility index (Phi) is 3.75. The number of rotatable bonds is 4. The van der Waals surface area contributed by atoms with Crippen LogP contribution in [0, 0.1) is 0 Å². The maximum atomic E-state index is 11.9. The second-order valence-electron chi connectivity index (χ2n) is 4.18. The predicted molar refractivity (Wildman–Crippen MR) is 63.8 cm³/mol. The highest BCUT2D eigenvalue weighted by molar-refractivity contribution is 5.94. The zero-order valence-electron chi connectivity index (χ0n) is 10.1. The Morgan fingerprint density at radius 3 is 3.12 bits per heavy atom. The average molecular weight is 238 g/mol. The summed E-state index contributed by atoms with van der Waals surface area (Å²) < 4.78 is 5.20. The molecule has 6 heteroatoms. The van der Waals surface area contributed by atoms with Gasteiger partial charge in [-0.3, -0.25) is 9.89 Å². The molecule has 94 valence electrons. The molecule has 3 N–H and O–H groups in total. The van der Waals surface area contributed by atoms with Gasteiger partial charge >= 0.3 is 0 Å². The molecule has 0 radical (unpaired) electrons. The number of nitrogens with one attached hydrogen (secondary N) is 3. The summed E-state index contributed by atoms with van der Waals surface area (Å²) in [5, 5.41) is 12.8. The summed E-state index contributed by atoms with van der Waals surface area (Å²) in [7, 11) is 1.66. The number of anilines is 1. The normalized spacial score (nSPS) is 23.9. The van der Waals surface area contributed by atoms with E-state index < -0.39 is 0 Å². The van der Waals surface area contributed by atoms with Gasteiger partial charge in [-0.2, -0.15) is 5.10 Å². The largest absolute Gasteiger partial charge is 0.380 e. The van der Waals surface area contributed by atoms with Gasteiger partial charge in [-0.15, -0.1) is 0 Å². The summed E-state index contributed by atoms with van der Waals surface area (Å²) in [5.41, 5.74) is 1.01. The van der Waals surface area contributed by atoms with Crippen LogP contribution >= 0.6 is 0 Å². The van der Waals surface area contributed by atoms with Crippen LogP contribution in [0.5, 0.6) is 0 Å². The number of ether oxygens (including phenoxy) is 1. The first-order valence-electron chi connectivity index (χ1n) is 5.84. The van der Waals surface area contributed by atoms with Crippen molar-refractivity contribution in [2.24, 2.45) is 0 Å². The van der Waals surface area contributed by atoms with E-state index in [1.807, 2.05) is 13.0 Å². The Labute approximate surface area is 100 Å². The van der Waals surface area contributed by atoms with Gasteiger partial charge in [0.05, 0.1) is 12.1 Å². The van der Waals surface area contributed by atoms with Crippen molar-refractivity contribution in [1.82, 2.24) is 15.5 Å². The van der Waals surface area contributed by atoms with Gasteiger partial charge < -0.3 is 15.4 Å². The van der Waals surface area contributed by atoms with Crippen LogP contribution in [-0.2, 0) is 16.0 Å². The fourth-order valence-electron chi connectivity index (χ4n) is 1.90. The molecule has 0 bridgehead atoms. The number of hydrogen-bond donors (Lipinski definition) is 3. The molecule has 0 aliphatic carbocycles. The van der Waals surface area contributed by atoms with Gasteiger partial charge in [0.2, 0.25) is 5.91 Å². The molecular weight excluding hydrogens is 220 g/mol. The van der Waals surface area contributed by atoms with E-state index in [1.165, 1.54) is 0 Å². The average Bonchev–Trinajstić information content (AvgIpc) is 2.96. The number of methoxy groups -OCH3 is 1. The minimum absolute atomic E-state index is 0.0568. The molecule has 1 aromatic rings. The first kappa shape index (κ1) is 12.1. The van der Waals surface area contributed by atoms with Gasteiger partial charge in [-0.1, -0.05) is 6.92 Å². The molecule has 6 nitrogen and oxygen atoms in total. The topological polar surface area (TPSA) is 79.0 Å². The fourth-order valence-corrected chi connectivity index (χ4v) is 1.90. The summed E-state index contributed by atoms with van der Waals surface area (Å²) in [5.74, 6) is 0.521. The molecule has 2 rings (SSSR count). The van der Waals surface area contributed by atoms with Crippen molar-refractivity contribution in [3.8, 4) is 0 Å². The standard InChI is InChI=1S/C11H18N4O2/c1-3-7-4-10(15-14-7)13-11(16)9-5-8(17-2)6-12-9/h4,8-9,12H,3,5-6H2,1-2H3,(H2,13,14,15,16). The number of nitrogens with zero attached hydrogens (tertiary/aromatic N) is 1. The summed E-state index contributed by atoms with van der Waals surface area (Å²) in [6.07, 6.45) is 1.69. The number of carbonyl (C=O) groups excluding carboxylic acids is 1. The van der Waals surface area contributed by atoms with E-state index in [4.69, 9.17) is 4.74 Å². The number of amides is 1. The van der Waals surface area contributed by atoms with Crippen molar-refractivity contribution in [3.05, 3.63) is 11.8 Å². The second-order valence-corrected chi connectivity index (χ2v) is 4.18. The van der Waals surface area contributed by atoms with Crippen LogP contribution in [0.4, 0.5) is 5.82 Å². The van der Waals surface area contributed by atoms with Crippen molar-refractivity contribution in [2.45, 2.75) is 31.9 Å². The first-order chi connectivity index (χ1) is 8.22. The van der Waals surface area contributed by atoms with E-state index >= 15 is 0 Å². The lowest BCUT2D eigenvalue weighted by Gasteiger charge is -2.09. The van der Waals surface area contributed by atoms with Gasteiger partial charge in [0.1, 0.15) is 0 Å². The van der Waals surface area contributed by atoms with Gasteiger partial charge in [0.15, 0.2) is 5.82 Å². The second kappa shape index (κ2) is 5.29. The highest BCUT2D eigenvalue weighted by atomic mass is 16.5. The van der Waals surface area contributed by atoms with Crippen LogP contribution in [-0.4, -0.2) is 41.9 Å². The van der Waals surface area contributed by atoms with Crippen LogP contribution in [0.25, 0.3) is 0 Å². The van der Waals surface area contributed by atoms with E-state index in [2.05, 4.69) is 20.8 Å². The van der Waals surface area contributed by atoms with Gasteiger partial charge in [0.25, 0.3) is 0 Å². The Bertz CT molecular complexity index is 391. The van der Waals surface area contributed by atoms with Crippen molar-refractivity contribution in [1.29, 1.82) is 0 Å². The van der Waals surface area contributed by atoms with Gasteiger partial charge in [0, 0.05) is 25.4 Å². The number of aromatic amines is 1. The summed E-state index contributed by atoms with van der Waals surface area (Å²) in [6, 6.07) is 1.66. The smallest absolute Gasteiger partial charge is 0.242 e. The summed E-state index contributed by atoms with van der Waals surface area (Å²) >= 11 is 0. The van der Waals surface area contributed by atoms with Gasteiger partial charge in [-0.05, 0) is 12.8 Å². The van der Waals surface area contributed by atoms with E-state index in [-0.39, 0.29) is 18.1 Å². The highest BCUT2D eigenvalue weighted by Gasteiger charge is 2.29. The number of aromatic nitrogens is 2. The Morgan fingerprint density at radius 1 is 1.71 bits per heavy atom. The molecule has 1 aromatic heterocycles. The van der Waals surface area contributed by atoms with Crippen molar-refractivity contribution in [3.63, 3.8) is 0 Å². The number of hydrogen-bond acceptors (Lipinski definition) is 4. The van der Waals surface area contributed by atoms with Crippen LogP contribution in [0.2, 0.25) is 0 Å². The molecule has 0 aromatic carbocycles. The quantitative estimate of drug-likeness (QED) is 0.704. The summed E-state index contributed by atoms with van der Waals surface area (Å²) in [4.78, 5) is 11.9. The molecule has 1 fully saturated rings. The molecule has 2 atom stereocenters. The minimum atomic E-state index is -0.193. The van der Waals surface area contributed by atoms with Crippen LogP contribution < -0.4 is 10.6 Å². The third kappa shape index (κ3) is 2.83. The zero-order valence-corrected chi connectivity index (χ0v) is 10.1. The lowest BCUT2D eigenvalue weighted by molar-refractivity contribution is -0.118. The van der Waals surface area contributed by atoms with Gasteiger partial charge in [-0.25, -0.2) is 0 Å². The van der Waals surface area contributed by atoms with E-state index in [0.29, 0.717) is 12.2 Å². The monoisotopic (exact) mass is 238 g/mol. The van der Waals surface area contributed by atoms with Crippen molar-refractivity contribution < 1.29 is 9.53 Å². The van der Waals surface area contributed by atoms with E-state index in [1.54, 1.807) is 7.11 Å². The first-order valence-corrected chi connectivity index (χ1v) is 5.84. The molecular formula is C11H18N4O2. The SMILES string of the molecule is CCc1cc(NC(=O)C2CC(OC)CN2)n[nH]1. The minimum Gasteiger partial charge on any atom is -0.380 e. The zero-order chi connectivity index (χ0) is 12.3. The lowest BCUT2D eigenvalue weighted by atomic mass is 10.2. The van der Waals surface area contributed by atoms with Crippen LogP contribution in [0.15, 0.2) is 6.07 Å². The molecule has 17 heavy (non-hydrogen) atoms. The van der Waals surface area contributed by atoms with E-state index in [9.17, 15) is 4.79 Å². The Hall–Kier alpha value is -1.40.